The summed E-state index contributed by atoms with van der Waals surface area (Å²) in [7, 11) is -1.38. The Balaban J connectivity index is 2.48. The van der Waals surface area contributed by atoms with Crippen molar-refractivity contribution >= 4 is 32.8 Å². The molecule has 0 radical (unpaired) electrons. The third-order valence-electron chi connectivity index (χ3n) is 2.82. The predicted octanol–water partition coefficient (Wildman–Crippen LogP) is 3.11. The van der Waals surface area contributed by atoms with Crippen LogP contribution in [0, 0.1) is 0 Å². The van der Waals surface area contributed by atoms with Gasteiger partial charge in [-0.05, 0) is 36.2 Å². The van der Waals surface area contributed by atoms with E-state index in [2.05, 4.69) is 5.32 Å². The van der Waals surface area contributed by atoms with E-state index in [1.165, 1.54) is 6.26 Å². The molecule has 102 valence electrons. The third-order valence-corrected chi connectivity index (χ3v) is 5.35. The van der Waals surface area contributed by atoms with E-state index in [1.54, 1.807) is 29.5 Å². The molecule has 0 spiro atoms. The second-order valence-electron chi connectivity index (χ2n) is 4.20. The minimum absolute atomic E-state index is 0.103. The van der Waals surface area contributed by atoms with Crippen LogP contribution in [0.3, 0.4) is 0 Å². The van der Waals surface area contributed by atoms with Crippen molar-refractivity contribution in [3.05, 3.63) is 51.2 Å². The maximum atomic E-state index is 11.6. The molecule has 3 nitrogen and oxygen atoms in total. The summed E-state index contributed by atoms with van der Waals surface area (Å²) in [5, 5.41) is 5.78. The van der Waals surface area contributed by atoms with Gasteiger partial charge in [-0.1, -0.05) is 23.7 Å². The lowest BCUT2D eigenvalue weighted by Crippen LogP contribution is -2.17. The molecule has 0 saturated heterocycles. The van der Waals surface area contributed by atoms with Gasteiger partial charge in [-0.25, -0.2) is 8.42 Å². The molecule has 0 amide bonds. The molecule has 0 aliphatic rings. The number of halogens is 1. The van der Waals surface area contributed by atoms with Crippen molar-refractivity contribution in [2.45, 2.75) is 10.9 Å². The van der Waals surface area contributed by atoms with Gasteiger partial charge in [0.1, 0.15) is 0 Å². The first kappa shape index (κ1) is 14.5. The van der Waals surface area contributed by atoms with Crippen molar-refractivity contribution in [2.75, 3.05) is 13.3 Å². The highest BCUT2D eigenvalue weighted by Crippen LogP contribution is 2.33. The molecule has 1 atom stereocenters. The summed E-state index contributed by atoms with van der Waals surface area (Å²) < 4.78 is 23.2. The molecule has 0 bridgehead atoms. The van der Waals surface area contributed by atoms with Crippen molar-refractivity contribution < 1.29 is 8.42 Å². The van der Waals surface area contributed by atoms with E-state index in [0.717, 1.165) is 10.4 Å². The highest BCUT2D eigenvalue weighted by atomic mass is 35.5. The zero-order chi connectivity index (χ0) is 14.0. The SMILES string of the molecule is CNC(c1cccc(S(C)(=O)=O)c1)c1sccc1Cl. The standard InChI is InChI=1S/C13H14ClNO2S2/c1-15-12(13-11(14)6-7-18-13)9-4-3-5-10(8-9)19(2,16)17/h3-8,12,15H,1-2H3. The van der Waals surface area contributed by atoms with Crippen LogP contribution in [0.2, 0.25) is 5.02 Å². The van der Waals surface area contributed by atoms with Crippen LogP contribution in [0.15, 0.2) is 40.6 Å². The van der Waals surface area contributed by atoms with E-state index in [-0.39, 0.29) is 6.04 Å². The van der Waals surface area contributed by atoms with Gasteiger partial charge in [-0.3, -0.25) is 0 Å². The molecule has 0 aliphatic heterocycles. The minimum Gasteiger partial charge on any atom is -0.309 e. The van der Waals surface area contributed by atoms with E-state index < -0.39 is 9.84 Å². The third kappa shape index (κ3) is 3.17. The average molecular weight is 316 g/mol. The van der Waals surface area contributed by atoms with E-state index in [0.29, 0.717) is 9.92 Å². The Kier molecular flexibility index (Phi) is 4.30. The Morgan fingerprint density at radius 1 is 1.32 bits per heavy atom. The fourth-order valence-corrected chi connectivity index (χ4v) is 3.86. The summed E-state index contributed by atoms with van der Waals surface area (Å²) in [5.74, 6) is 0. The summed E-state index contributed by atoms with van der Waals surface area (Å²) in [4.78, 5) is 1.30. The lowest BCUT2D eigenvalue weighted by atomic mass is 10.1. The van der Waals surface area contributed by atoms with Gasteiger partial charge in [-0.2, -0.15) is 0 Å². The van der Waals surface area contributed by atoms with Gasteiger partial charge >= 0.3 is 0 Å². The number of hydrogen-bond acceptors (Lipinski definition) is 4. The Labute approximate surface area is 122 Å². The molecule has 0 saturated carbocycles. The Bertz CT molecular complexity index is 679. The Hall–Kier alpha value is -0.880. The van der Waals surface area contributed by atoms with Gasteiger partial charge in [-0.15, -0.1) is 11.3 Å². The van der Waals surface area contributed by atoms with Gasteiger partial charge < -0.3 is 5.32 Å². The number of thiophene rings is 1. The number of benzene rings is 1. The second-order valence-corrected chi connectivity index (χ2v) is 7.57. The molecule has 0 fully saturated rings. The number of hydrogen-bond donors (Lipinski definition) is 1. The van der Waals surface area contributed by atoms with Crippen LogP contribution < -0.4 is 5.32 Å². The Morgan fingerprint density at radius 2 is 2.05 bits per heavy atom. The van der Waals surface area contributed by atoms with Gasteiger partial charge in [0.2, 0.25) is 0 Å². The predicted molar refractivity (Wildman–Crippen MR) is 79.8 cm³/mol. The second kappa shape index (κ2) is 5.63. The highest BCUT2D eigenvalue weighted by molar-refractivity contribution is 7.90. The zero-order valence-electron chi connectivity index (χ0n) is 10.6. The number of rotatable bonds is 4. The first-order valence-corrected chi connectivity index (χ1v) is 8.78. The summed E-state index contributed by atoms with van der Waals surface area (Å²) >= 11 is 7.69. The lowest BCUT2D eigenvalue weighted by molar-refractivity contribution is 0.601. The van der Waals surface area contributed by atoms with Crippen LogP contribution in [0.4, 0.5) is 0 Å². The smallest absolute Gasteiger partial charge is 0.175 e. The zero-order valence-corrected chi connectivity index (χ0v) is 12.9. The first-order chi connectivity index (χ1) is 8.93. The van der Waals surface area contributed by atoms with E-state index in [4.69, 9.17) is 11.6 Å². The van der Waals surface area contributed by atoms with Crippen molar-refractivity contribution in [2.24, 2.45) is 0 Å². The molecule has 1 heterocycles. The van der Waals surface area contributed by atoms with Gasteiger partial charge in [0, 0.05) is 11.1 Å². The summed E-state index contributed by atoms with van der Waals surface area (Å²) in [6, 6.07) is 8.67. The van der Waals surface area contributed by atoms with Gasteiger partial charge in [0.15, 0.2) is 9.84 Å². The van der Waals surface area contributed by atoms with Crippen molar-refractivity contribution in [3.8, 4) is 0 Å². The topological polar surface area (TPSA) is 46.2 Å². The van der Waals surface area contributed by atoms with E-state index in [1.807, 2.05) is 24.6 Å². The van der Waals surface area contributed by atoms with Gasteiger partial charge in [0.05, 0.1) is 16.0 Å². The average Bonchev–Trinajstić information content (AvgIpc) is 2.76. The molecule has 6 heteroatoms. The molecule has 1 aromatic carbocycles. The Morgan fingerprint density at radius 3 is 2.58 bits per heavy atom. The molecule has 1 N–H and O–H groups in total. The summed E-state index contributed by atoms with van der Waals surface area (Å²) in [6.45, 7) is 0. The fourth-order valence-electron chi connectivity index (χ4n) is 1.89. The molecule has 1 aromatic heterocycles. The summed E-state index contributed by atoms with van der Waals surface area (Å²) in [6.07, 6.45) is 1.21. The maximum Gasteiger partial charge on any atom is 0.175 e. The molecular weight excluding hydrogens is 302 g/mol. The molecule has 1 unspecified atom stereocenters. The molecule has 19 heavy (non-hydrogen) atoms. The molecule has 2 rings (SSSR count). The number of nitrogens with one attached hydrogen (secondary N) is 1. The molecule has 0 aliphatic carbocycles. The van der Waals surface area contributed by atoms with Crippen LogP contribution in [0.25, 0.3) is 0 Å². The van der Waals surface area contributed by atoms with Crippen LogP contribution in [0.5, 0.6) is 0 Å². The van der Waals surface area contributed by atoms with Crippen molar-refractivity contribution in [1.82, 2.24) is 5.32 Å². The van der Waals surface area contributed by atoms with Crippen LogP contribution in [0.1, 0.15) is 16.5 Å². The van der Waals surface area contributed by atoms with Crippen molar-refractivity contribution in [3.63, 3.8) is 0 Å². The van der Waals surface area contributed by atoms with E-state index >= 15 is 0 Å². The van der Waals surface area contributed by atoms with Crippen molar-refractivity contribution in [1.29, 1.82) is 0 Å². The highest BCUT2D eigenvalue weighted by Gasteiger charge is 2.18. The maximum absolute atomic E-state index is 11.6. The van der Waals surface area contributed by atoms with Crippen LogP contribution in [-0.2, 0) is 9.84 Å². The number of sulfone groups is 1. The minimum atomic E-state index is -3.20. The van der Waals surface area contributed by atoms with Gasteiger partial charge in [0.25, 0.3) is 0 Å². The fraction of sp³-hybridized carbons (Fsp3) is 0.231. The largest absolute Gasteiger partial charge is 0.309 e. The van der Waals surface area contributed by atoms with Crippen LogP contribution in [-0.4, -0.2) is 21.7 Å². The summed E-state index contributed by atoms with van der Waals surface area (Å²) in [5.41, 5.74) is 0.884. The lowest BCUT2D eigenvalue weighted by Gasteiger charge is -2.16. The monoisotopic (exact) mass is 315 g/mol. The quantitative estimate of drug-likeness (QED) is 0.943. The van der Waals surface area contributed by atoms with E-state index in [9.17, 15) is 8.42 Å². The molecular formula is C13H14ClNO2S2. The van der Waals surface area contributed by atoms with Crippen LogP contribution >= 0.6 is 22.9 Å². The molecule has 2 aromatic rings. The first-order valence-electron chi connectivity index (χ1n) is 5.63. The normalized spacial score (nSPS) is 13.4.